The zero-order chi connectivity index (χ0) is 12.4. The smallest absolute Gasteiger partial charge is 0.226 e. The second-order valence-electron chi connectivity index (χ2n) is 4.47. The first-order valence-corrected chi connectivity index (χ1v) is 7.22. The molecule has 0 spiro atoms. The fraction of sp³-hybridized carbons (Fsp3) is 0.800. The summed E-state index contributed by atoms with van der Waals surface area (Å²) >= 11 is 1.71. The van der Waals surface area contributed by atoms with Crippen LogP contribution in [0, 0.1) is 0 Å². The molecule has 1 aromatic rings. The van der Waals surface area contributed by atoms with Crippen molar-refractivity contribution in [1.29, 1.82) is 0 Å². The van der Waals surface area contributed by atoms with Gasteiger partial charge in [-0.1, -0.05) is 5.21 Å². The van der Waals surface area contributed by atoms with E-state index in [0.29, 0.717) is 30.8 Å². The highest BCUT2D eigenvalue weighted by Crippen LogP contribution is 2.31. The van der Waals surface area contributed by atoms with Crippen molar-refractivity contribution >= 4 is 17.7 Å². The van der Waals surface area contributed by atoms with E-state index in [1.807, 2.05) is 4.90 Å². The fourth-order valence-electron chi connectivity index (χ4n) is 1.90. The number of hydrogen-bond acceptors (Lipinski definition) is 6. The van der Waals surface area contributed by atoms with Crippen molar-refractivity contribution in [3.63, 3.8) is 0 Å². The first-order chi connectivity index (χ1) is 8.84. The van der Waals surface area contributed by atoms with Gasteiger partial charge in [0.25, 0.3) is 0 Å². The van der Waals surface area contributed by atoms with E-state index < -0.39 is 0 Å². The van der Waals surface area contributed by atoms with Crippen molar-refractivity contribution in [3.8, 4) is 0 Å². The molecule has 1 amide bonds. The summed E-state index contributed by atoms with van der Waals surface area (Å²) in [7, 11) is 0. The first kappa shape index (κ1) is 11.9. The third-order valence-corrected chi connectivity index (χ3v) is 4.07. The van der Waals surface area contributed by atoms with Crippen LogP contribution in [0.1, 0.15) is 31.1 Å². The third-order valence-electron chi connectivity index (χ3n) is 3.06. The van der Waals surface area contributed by atoms with Crippen LogP contribution in [-0.2, 0) is 9.53 Å². The SMILES string of the molecule is O=C(CCOC1CC1)N1CSCC1c1nn[nH]n1. The maximum Gasteiger partial charge on any atom is 0.226 e. The molecule has 0 radical (unpaired) electrons. The molecule has 2 aliphatic rings. The lowest BCUT2D eigenvalue weighted by Crippen LogP contribution is -2.32. The van der Waals surface area contributed by atoms with Gasteiger partial charge in [0.2, 0.25) is 5.91 Å². The third kappa shape index (κ3) is 2.64. The molecule has 0 bridgehead atoms. The molecule has 2 heterocycles. The molecule has 1 saturated heterocycles. The molecule has 1 saturated carbocycles. The van der Waals surface area contributed by atoms with Crippen LogP contribution < -0.4 is 0 Å². The maximum atomic E-state index is 12.1. The number of nitrogens with zero attached hydrogens (tertiary/aromatic N) is 4. The zero-order valence-electron chi connectivity index (χ0n) is 9.91. The molecule has 1 aromatic heterocycles. The highest BCUT2D eigenvalue weighted by Gasteiger charge is 2.33. The Morgan fingerprint density at radius 1 is 1.56 bits per heavy atom. The summed E-state index contributed by atoms with van der Waals surface area (Å²) in [5, 5.41) is 13.9. The number of aromatic amines is 1. The number of tetrazole rings is 1. The molecule has 2 fully saturated rings. The van der Waals surface area contributed by atoms with E-state index >= 15 is 0 Å². The normalized spacial score (nSPS) is 23.6. The molecule has 98 valence electrons. The molecule has 18 heavy (non-hydrogen) atoms. The standard InChI is InChI=1S/C10H15N5O2S/c16-9(3-4-17-7-1-2-7)15-6-18-5-8(15)10-11-13-14-12-10/h7-8H,1-6H2,(H,11,12,13,14). The Kier molecular flexibility index (Phi) is 3.46. The molecule has 0 aromatic carbocycles. The summed E-state index contributed by atoms with van der Waals surface area (Å²) < 4.78 is 5.51. The minimum absolute atomic E-state index is 0.0535. The number of aromatic nitrogens is 4. The van der Waals surface area contributed by atoms with Gasteiger partial charge in [-0.05, 0) is 12.8 Å². The maximum absolute atomic E-state index is 12.1. The van der Waals surface area contributed by atoms with Gasteiger partial charge in [0, 0.05) is 5.75 Å². The van der Waals surface area contributed by atoms with Gasteiger partial charge < -0.3 is 9.64 Å². The Balaban J connectivity index is 1.54. The molecule has 1 atom stereocenters. The van der Waals surface area contributed by atoms with Gasteiger partial charge in [-0.15, -0.1) is 22.0 Å². The molecule has 1 aliphatic heterocycles. The number of carbonyl (C=O) groups is 1. The van der Waals surface area contributed by atoms with E-state index in [1.54, 1.807) is 11.8 Å². The zero-order valence-corrected chi connectivity index (χ0v) is 10.7. The monoisotopic (exact) mass is 269 g/mol. The Labute approximate surface area is 109 Å². The van der Waals surface area contributed by atoms with Crippen molar-refractivity contribution < 1.29 is 9.53 Å². The summed E-state index contributed by atoms with van der Waals surface area (Å²) in [6.45, 7) is 0.517. The predicted octanol–water partition coefficient (Wildman–Crippen LogP) is 0.343. The van der Waals surface area contributed by atoms with Gasteiger partial charge in [0.1, 0.15) is 6.04 Å². The van der Waals surface area contributed by atoms with Crippen molar-refractivity contribution in [1.82, 2.24) is 25.5 Å². The number of carbonyl (C=O) groups excluding carboxylic acids is 1. The van der Waals surface area contributed by atoms with Crippen molar-refractivity contribution in [2.75, 3.05) is 18.2 Å². The molecule has 1 aliphatic carbocycles. The van der Waals surface area contributed by atoms with Crippen LogP contribution in [0.4, 0.5) is 0 Å². The van der Waals surface area contributed by atoms with Gasteiger partial charge in [-0.25, -0.2) is 0 Å². The Hall–Kier alpha value is -1.15. The van der Waals surface area contributed by atoms with Crippen LogP contribution in [0.2, 0.25) is 0 Å². The van der Waals surface area contributed by atoms with Crippen molar-refractivity contribution in [3.05, 3.63) is 5.82 Å². The molecular weight excluding hydrogens is 254 g/mol. The number of ether oxygens (including phenoxy) is 1. The number of H-pyrrole nitrogens is 1. The average Bonchev–Trinajstić information content (AvgIpc) is 2.88. The van der Waals surface area contributed by atoms with Crippen molar-refractivity contribution in [2.24, 2.45) is 0 Å². The average molecular weight is 269 g/mol. The highest BCUT2D eigenvalue weighted by molar-refractivity contribution is 7.99. The molecule has 1 N–H and O–H groups in total. The lowest BCUT2D eigenvalue weighted by atomic mass is 10.2. The fourth-order valence-corrected chi connectivity index (χ4v) is 3.08. The number of hydrogen-bond donors (Lipinski definition) is 1. The van der Waals surface area contributed by atoms with Gasteiger partial charge in [-0.2, -0.15) is 5.21 Å². The minimum atomic E-state index is -0.0535. The first-order valence-electron chi connectivity index (χ1n) is 6.07. The highest BCUT2D eigenvalue weighted by atomic mass is 32.2. The molecular formula is C10H15N5O2S. The largest absolute Gasteiger partial charge is 0.378 e. The number of rotatable bonds is 5. The van der Waals surface area contributed by atoms with E-state index in [-0.39, 0.29) is 11.9 Å². The molecule has 7 nitrogen and oxygen atoms in total. The van der Waals surface area contributed by atoms with E-state index in [9.17, 15) is 4.79 Å². The van der Waals surface area contributed by atoms with Crippen LogP contribution >= 0.6 is 11.8 Å². The number of thioether (sulfide) groups is 1. The topological polar surface area (TPSA) is 84.0 Å². The Morgan fingerprint density at radius 2 is 2.44 bits per heavy atom. The molecule has 8 heteroatoms. The van der Waals surface area contributed by atoms with E-state index in [1.165, 1.54) is 0 Å². The Morgan fingerprint density at radius 3 is 3.17 bits per heavy atom. The van der Waals surface area contributed by atoms with Gasteiger partial charge in [0.05, 0.1) is 25.0 Å². The Bertz CT molecular complexity index is 408. The number of nitrogens with one attached hydrogen (secondary N) is 1. The summed E-state index contributed by atoms with van der Waals surface area (Å²) in [4.78, 5) is 13.9. The summed E-state index contributed by atoms with van der Waals surface area (Å²) in [6.07, 6.45) is 3.11. The van der Waals surface area contributed by atoms with Crippen LogP contribution in [0.15, 0.2) is 0 Å². The van der Waals surface area contributed by atoms with Crippen LogP contribution in [0.3, 0.4) is 0 Å². The van der Waals surface area contributed by atoms with Crippen molar-refractivity contribution in [2.45, 2.75) is 31.4 Å². The van der Waals surface area contributed by atoms with E-state index in [0.717, 1.165) is 18.6 Å². The van der Waals surface area contributed by atoms with Crippen LogP contribution in [0.25, 0.3) is 0 Å². The predicted molar refractivity (Wildman–Crippen MR) is 64.7 cm³/mol. The van der Waals surface area contributed by atoms with Gasteiger partial charge >= 0.3 is 0 Å². The lowest BCUT2D eigenvalue weighted by Gasteiger charge is -2.21. The van der Waals surface area contributed by atoms with Crippen LogP contribution in [-0.4, -0.2) is 55.8 Å². The van der Waals surface area contributed by atoms with E-state index in [4.69, 9.17) is 4.74 Å². The lowest BCUT2D eigenvalue weighted by molar-refractivity contribution is -0.133. The molecule has 1 unspecified atom stereocenters. The van der Waals surface area contributed by atoms with Gasteiger partial charge in [-0.3, -0.25) is 4.79 Å². The van der Waals surface area contributed by atoms with Gasteiger partial charge in [0.15, 0.2) is 5.82 Å². The summed E-state index contributed by atoms with van der Waals surface area (Å²) in [6, 6.07) is -0.0535. The second-order valence-corrected chi connectivity index (χ2v) is 5.47. The van der Waals surface area contributed by atoms with E-state index in [2.05, 4.69) is 20.6 Å². The summed E-state index contributed by atoms with van der Waals surface area (Å²) in [5.41, 5.74) is 0. The number of amides is 1. The second kappa shape index (κ2) is 5.23. The van der Waals surface area contributed by atoms with Crippen LogP contribution in [0.5, 0.6) is 0 Å². The summed E-state index contributed by atoms with van der Waals surface area (Å²) in [5.74, 6) is 2.22. The minimum Gasteiger partial charge on any atom is -0.378 e. The quantitative estimate of drug-likeness (QED) is 0.830. The molecule has 3 rings (SSSR count).